The lowest BCUT2D eigenvalue weighted by Gasteiger charge is -2.12. The third kappa shape index (κ3) is 3.56. The summed E-state index contributed by atoms with van der Waals surface area (Å²) < 4.78 is 5.32. The Morgan fingerprint density at radius 1 is 1.40 bits per heavy atom. The number of benzene rings is 1. The van der Waals surface area contributed by atoms with Crippen LogP contribution in [0.15, 0.2) is 18.2 Å². The first-order chi connectivity index (χ1) is 7.17. The molecule has 0 aliphatic rings. The van der Waals surface area contributed by atoms with Crippen molar-refractivity contribution in [3.63, 3.8) is 0 Å². The van der Waals surface area contributed by atoms with Crippen LogP contribution in [0.5, 0.6) is 5.75 Å². The zero-order valence-corrected chi connectivity index (χ0v) is 9.92. The van der Waals surface area contributed by atoms with Crippen molar-refractivity contribution in [2.75, 3.05) is 7.11 Å². The predicted molar refractivity (Wildman–Crippen MR) is 64.3 cm³/mol. The van der Waals surface area contributed by atoms with Crippen molar-refractivity contribution in [2.24, 2.45) is 5.73 Å². The second kappa shape index (κ2) is 5.76. The minimum atomic E-state index is 0.177. The van der Waals surface area contributed by atoms with Gasteiger partial charge in [-0.15, -0.1) is 0 Å². The van der Waals surface area contributed by atoms with E-state index in [1.807, 2.05) is 13.0 Å². The van der Waals surface area contributed by atoms with Gasteiger partial charge >= 0.3 is 0 Å². The molecule has 1 atom stereocenters. The monoisotopic (exact) mass is 207 g/mol. The maximum atomic E-state index is 5.82. The smallest absolute Gasteiger partial charge is 0.122 e. The number of rotatable bonds is 5. The van der Waals surface area contributed by atoms with Crippen molar-refractivity contribution >= 4 is 0 Å². The van der Waals surface area contributed by atoms with Gasteiger partial charge in [0.25, 0.3) is 0 Å². The van der Waals surface area contributed by atoms with E-state index in [2.05, 4.69) is 19.1 Å². The summed E-state index contributed by atoms with van der Waals surface area (Å²) in [5.41, 5.74) is 8.41. The molecule has 0 saturated heterocycles. The summed E-state index contributed by atoms with van der Waals surface area (Å²) in [5.74, 6) is 0.951. The van der Waals surface area contributed by atoms with E-state index in [0.717, 1.165) is 18.6 Å². The van der Waals surface area contributed by atoms with Gasteiger partial charge in [0.1, 0.15) is 5.75 Å². The van der Waals surface area contributed by atoms with Gasteiger partial charge in [0.05, 0.1) is 7.11 Å². The summed E-state index contributed by atoms with van der Waals surface area (Å²) in [6.45, 7) is 4.21. The lowest BCUT2D eigenvalue weighted by Crippen LogP contribution is -2.18. The number of ether oxygens (including phenoxy) is 1. The van der Waals surface area contributed by atoms with Crippen molar-refractivity contribution in [2.45, 2.75) is 39.2 Å². The summed E-state index contributed by atoms with van der Waals surface area (Å²) in [7, 11) is 1.71. The van der Waals surface area contributed by atoms with Gasteiger partial charge < -0.3 is 10.5 Å². The Hall–Kier alpha value is -1.02. The molecule has 1 rings (SSSR count). The van der Waals surface area contributed by atoms with Crippen LogP contribution in [0, 0.1) is 0 Å². The van der Waals surface area contributed by atoms with Crippen molar-refractivity contribution < 1.29 is 4.74 Å². The maximum absolute atomic E-state index is 5.82. The molecule has 0 saturated carbocycles. The molecule has 1 unspecified atom stereocenters. The molecular formula is C13H21NO. The molecule has 0 amide bonds. The Labute approximate surface area is 92.4 Å². The summed E-state index contributed by atoms with van der Waals surface area (Å²) in [6, 6.07) is 6.57. The van der Waals surface area contributed by atoms with E-state index in [0.29, 0.717) is 0 Å². The van der Waals surface area contributed by atoms with Gasteiger partial charge in [-0.2, -0.15) is 0 Å². The summed E-state index contributed by atoms with van der Waals surface area (Å²) in [4.78, 5) is 0. The Kier molecular flexibility index (Phi) is 4.63. The number of hydrogen-bond acceptors (Lipinski definition) is 2. The minimum absolute atomic E-state index is 0.177. The van der Waals surface area contributed by atoms with Gasteiger partial charge in [-0.3, -0.25) is 0 Å². The Morgan fingerprint density at radius 3 is 2.67 bits per heavy atom. The zero-order valence-electron chi connectivity index (χ0n) is 9.92. The SMILES string of the molecule is CCCc1ccc(OC)c(CC(C)N)c1. The minimum Gasteiger partial charge on any atom is -0.496 e. The normalized spacial score (nSPS) is 12.5. The molecule has 1 aromatic rings. The van der Waals surface area contributed by atoms with E-state index in [-0.39, 0.29) is 6.04 Å². The second-order valence-electron chi connectivity index (χ2n) is 4.08. The molecule has 1 aromatic carbocycles. The van der Waals surface area contributed by atoms with Gasteiger partial charge in [-0.25, -0.2) is 0 Å². The molecule has 0 radical (unpaired) electrons. The van der Waals surface area contributed by atoms with E-state index < -0.39 is 0 Å². The highest BCUT2D eigenvalue weighted by Gasteiger charge is 2.06. The fraction of sp³-hybridized carbons (Fsp3) is 0.538. The molecule has 84 valence electrons. The van der Waals surface area contributed by atoms with Crippen LogP contribution in [-0.4, -0.2) is 13.2 Å². The predicted octanol–water partition coefficient (Wildman–Crippen LogP) is 2.54. The molecule has 0 aliphatic heterocycles. The average molecular weight is 207 g/mol. The summed E-state index contributed by atoms with van der Waals surface area (Å²) >= 11 is 0. The first-order valence-corrected chi connectivity index (χ1v) is 5.58. The van der Waals surface area contributed by atoms with Crippen molar-refractivity contribution in [1.29, 1.82) is 0 Å². The van der Waals surface area contributed by atoms with Gasteiger partial charge in [0.2, 0.25) is 0 Å². The average Bonchev–Trinajstić information content (AvgIpc) is 2.18. The molecule has 15 heavy (non-hydrogen) atoms. The van der Waals surface area contributed by atoms with E-state index in [4.69, 9.17) is 10.5 Å². The van der Waals surface area contributed by atoms with Crippen LogP contribution >= 0.6 is 0 Å². The zero-order chi connectivity index (χ0) is 11.3. The highest BCUT2D eigenvalue weighted by atomic mass is 16.5. The molecule has 0 spiro atoms. The third-order valence-electron chi connectivity index (χ3n) is 2.43. The number of hydrogen-bond donors (Lipinski definition) is 1. The van der Waals surface area contributed by atoms with Crippen LogP contribution in [0.25, 0.3) is 0 Å². The fourth-order valence-electron chi connectivity index (χ4n) is 1.78. The van der Waals surface area contributed by atoms with Crippen molar-refractivity contribution in [3.8, 4) is 5.75 Å². The lowest BCUT2D eigenvalue weighted by molar-refractivity contribution is 0.408. The Bertz CT molecular complexity index is 307. The topological polar surface area (TPSA) is 35.2 Å². The fourth-order valence-corrected chi connectivity index (χ4v) is 1.78. The Balaban J connectivity index is 2.91. The maximum Gasteiger partial charge on any atom is 0.122 e. The molecule has 0 fully saturated rings. The first-order valence-electron chi connectivity index (χ1n) is 5.58. The van der Waals surface area contributed by atoms with Crippen molar-refractivity contribution in [1.82, 2.24) is 0 Å². The van der Waals surface area contributed by atoms with E-state index in [9.17, 15) is 0 Å². The van der Waals surface area contributed by atoms with Gasteiger partial charge in [-0.1, -0.05) is 25.5 Å². The third-order valence-corrected chi connectivity index (χ3v) is 2.43. The molecule has 0 heterocycles. The van der Waals surface area contributed by atoms with Crippen LogP contribution < -0.4 is 10.5 Å². The largest absolute Gasteiger partial charge is 0.496 e. The molecule has 2 nitrogen and oxygen atoms in total. The lowest BCUT2D eigenvalue weighted by atomic mass is 10.0. The molecule has 0 aliphatic carbocycles. The van der Waals surface area contributed by atoms with Crippen LogP contribution in [0.3, 0.4) is 0 Å². The molecular weight excluding hydrogens is 186 g/mol. The standard InChI is InChI=1S/C13H21NO/c1-4-5-11-6-7-13(15-3)12(9-11)8-10(2)14/h6-7,9-10H,4-5,8,14H2,1-3H3. The van der Waals surface area contributed by atoms with Crippen LogP contribution in [0.2, 0.25) is 0 Å². The Morgan fingerprint density at radius 2 is 2.13 bits per heavy atom. The van der Waals surface area contributed by atoms with Gasteiger partial charge in [0.15, 0.2) is 0 Å². The number of methoxy groups -OCH3 is 1. The molecule has 0 bridgehead atoms. The highest BCUT2D eigenvalue weighted by molar-refractivity contribution is 5.37. The highest BCUT2D eigenvalue weighted by Crippen LogP contribution is 2.21. The van der Waals surface area contributed by atoms with Crippen LogP contribution in [0.1, 0.15) is 31.4 Å². The first kappa shape index (κ1) is 12.1. The van der Waals surface area contributed by atoms with E-state index >= 15 is 0 Å². The van der Waals surface area contributed by atoms with E-state index in [1.54, 1.807) is 7.11 Å². The number of aryl methyl sites for hydroxylation is 1. The van der Waals surface area contributed by atoms with Crippen LogP contribution in [0.4, 0.5) is 0 Å². The van der Waals surface area contributed by atoms with E-state index in [1.165, 1.54) is 17.5 Å². The summed E-state index contributed by atoms with van der Waals surface area (Å²) in [5, 5.41) is 0. The van der Waals surface area contributed by atoms with Gasteiger partial charge in [-0.05, 0) is 37.0 Å². The molecule has 2 N–H and O–H groups in total. The molecule has 2 heteroatoms. The molecule has 0 aromatic heterocycles. The van der Waals surface area contributed by atoms with Crippen LogP contribution in [-0.2, 0) is 12.8 Å². The number of nitrogens with two attached hydrogens (primary N) is 1. The van der Waals surface area contributed by atoms with Crippen molar-refractivity contribution in [3.05, 3.63) is 29.3 Å². The van der Waals surface area contributed by atoms with Gasteiger partial charge in [0, 0.05) is 6.04 Å². The summed E-state index contributed by atoms with van der Waals surface area (Å²) in [6.07, 6.45) is 3.17. The second-order valence-corrected chi connectivity index (χ2v) is 4.08. The quantitative estimate of drug-likeness (QED) is 0.805.